The number of hydrogen-bond acceptors (Lipinski definition) is 3. The first-order valence-corrected chi connectivity index (χ1v) is 15.2. The van der Waals surface area contributed by atoms with E-state index in [1.165, 1.54) is 27.6 Å². The molecule has 6 rings (SSSR count). The lowest BCUT2D eigenvalue weighted by Gasteiger charge is -2.39. The van der Waals surface area contributed by atoms with Crippen molar-refractivity contribution in [2.75, 3.05) is 12.8 Å². The molecule has 2 bridgehead atoms. The Morgan fingerprint density at radius 1 is 0.941 bits per heavy atom. The van der Waals surface area contributed by atoms with Crippen molar-refractivity contribution in [3.63, 3.8) is 0 Å². The van der Waals surface area contributed by atoms with Crippen LogP contribution in [0.2, 0.25) is 0 Å². The average Bonchev–Trinajstić information content (AvgIpc) is 3.46. The summed E-state index contributed by atoms with van der Waals surface area (Å²) >= 11 is 6.76. The molecule has 3 aliphatic rings. The van der Waals surface area contributed by atoms with Gasteiger partial charge in [-0.15, -0.1) is 0 Å². The highest BCUT2D eigenvalue weighted by Gasteiger charge is 2.64. The molecule has 34 heavy (non-hydrogen) atoms. The van der Waals surface area contributed by atoms with Gasteiger partial charge >= 0.3 is 0 Å². The molecule has 4 heteroatoms. The summed E-state index contributed by atoms with van der Waals surface area (Å²) in [6.45, 7) is 5.42. The molecule has 1 fully saturated rings. The number of hydrogen-bond donors (Lipinski definition) is 0. The van der Waals surface area contributed by atoms with Crippen LogP contribution in [0.1, 0.15) is 36.5 Å². The van der Waals surface area contributed by atoms with Crippen LogP contribution in [0, 0.1) is 5.41 Å². The molecule has 3 aliphatic heterocycles. The van der Waals surface area contributed by atoms with E-state index in [9.17, 15) is 0 Å². The highest BCUT2D eigenvalue weighted by Crippen LogP contribution is 2.83. The van der Waals surface area contributed by atoms with Crippen molar-refractivity contribution in [3.05, 3.63) is 113 Å². The van der Waals surface area contributed by atoms with Crippen molar-refractivity contribution in [3.8, 4) is 0 Å². The van der Waals surface area contributed by atoms with Crippen LogP contribution in [-0.4, -0.2) is 30.4 Å². The molecule has 1 saturated heterocycles. The molecular formula is C30H30NOPS. The predicted octanol–water partition coefficient (Wildman–Crippen LogP) is 7.12. The van der Waals surface area contributed by atoms with Crippen LogP contribution < -0.4 is 0 Å². The number of ether oxygens (including phenoxy) is 1. The fraction of sp³-hybridized carbons (Fsp3) is 0.300. The molecule has 3 aromatic rings. The van der Waals surface area contributed by atoms with Gasteiger partial charge in [0.25, 0.3) is 0 Å². The summed E-state index contributed by atoms with van der Waals surface area (Å²) in [5.74, 6) is 1.23. The first-order chi connectivity index (χ1) is 16.5. The first-order valence-electron chi connectivity index (χ1n) is 12.2. The van der Waals surface area contributed by atoms with Crippen LogP contribution >= 0.6 is 6.04 Å². The minimum atomic E-state index is -1.96. The number of nitrogens with zero attached hydrogens (tertiary/aromatic N) is 1. The zero-order valence-electron chi connectivity index (χ0n) is 19.7. The van der Waals surface area contributed by atoms with Gasteiger partial charge in [0.2, 0.25) is 0 Å². The largest absolute Gasteiger partial charge is 0.478 e. The van der Waals surface area contributed by atoms with Crippen LogP contribution in [0.5, 0.6) is 0 Å². The van der Waals surface area contributed by atoms with Crippen LogP contribution in [0.3, 0.4) is 0 Å². The highest BCUT2D eigenvalue weighted by molar-refractivity contribution is 8.20. The van der Waals surface area contributed by atoms with Gasteiger partial charge in [0.05, 0.1) is 11.7 Å². The molecule has 0 radical (unpaired) electrons. The quantitative estimate of drug-likeness (QED) is 0.360. The van der Waals surface area contributed by atoms with Crippen molar-refractivity contribution in [1.29, 1.82) is 0 Å². The summed E-state index contributed by atoms with van der Waals surface area (Å²) in [5.41, 5.74) is 5.63. The zero-order chi connectivity index (χ0) is 23.3. The Bertz CT molecular complexity index is 1320. The molecule has 1 unspecified atom stereocenters. The van der Waals surface area contributed by atoms with Crippen molar-refractivity contribution < 1.29 is 4.74 Å². The lowest BCUT2D eigenvalue weighted by atomic mass is 9.68. The SMILES string of the molecule is CC1=C(c2ccccc2)[P@]2(=S)C[C@]1(C)[C@@H](c1ccccc1)[C@H]2C1=NC(Cc2ccccc2)CO1. The highest BCUT2D eigenvalue weighted by atomic mass is 32.4. The minimum absolute atomic E-state index is 0.0239. The van der Waals surface area contributed by atoms with Gasteiger partial charge in [-0.05, 0) is 47.5 Å². The van der Waals surface area contributed by atoms with E-state index >= 15 is 0 Å². The molecule has 2 nitrogen and oxygen atoms in total. The molecule has 3 aromatic carbocycles. The molecule has 0 N–H and O–H groups in total. The molecule has 0 amide bonds. The fourth-order valence-corrected chi connectivity index (χ4v) is 13.6. The van der Waals surface area contributed by atoms with Crippen LogP contribution in [0.4, 0.5) is 0 Å². The van der Waals surface area contributed by atoms with E-state index in [0.29, 0.717) is 12.5 Å². The predicted molar refractivity (Wildman–Crippen MR) is 147 cm³/mol. The van der Waals surface area contributed by atoms with Gasteiger partial charge in [-0.2, -0.15) is 0 Å². The average molecular weight is 484 g/mol. The number of fused-ring (bicyclic) bond motifs is 2. The number of benzene rings is 3. The second kappa shape index (κ2) is 8.33. The van der Waals surface area contributed by atoms with E-state index < -0.39 is 6.04 Å². The minimum Gasteiger partial charge on any atom is -0.478 e. The normalized spacial score (nSPS) is 32.1. The topological polar surface area (TPSA) is 21.6 Å². The Hall–Kier alpha value is -2.48. The van der Waals surface area contributed by atoms with Crippen LogP contribution in [0.25, 0.3) is 5.31 Å². The van der Waals surface area contributed by atoms with Crippen molar-refractivity contribution in [1.82, 2.24) is 0 Å². The van der Waals surface area contributed by atoms with Gasteiger partial charge in [0.1, 0.15) is 6.61 Å². The molecule has 0 aromatic heterocycles. The molecule has 0 aliphatic carbocycles. The van der Waals surface area contributed by atoms with Gasteiger partial charge in [-0.25, -0.2) is 4.99 Å². The maximum Gasteiger partial charge on any atom is 0.193 e. The zero-order valence-corrected chi connectivity index (χ0v) is 21.4. The van der Waals surface area contributed by atoms with Crippen LogP contribution in [0.15, 0.2) is 102 Å². The summed E-state index contributed by atoms with van der Waals surface area (Å²) < 4.78 is 6.44. The van der Waals surface area contributed by atoms with Gasteiger partial charge < -0.3 is 4.74 Å². The lowest BCUT2D eigenvalue weighted by molar-refractivity contribution is 0.298. The van der Waals surface area contributed by atoms with E-state index in [0.717, 1.165) is 18.5 Å². The second-order valence-corrected chi connectivity index (χ2v) is 15.0. The summed E-state index contributed by atoms with van der Waals surface area (Å²) in [7, 11) is 0. The van der Waals surface area contributed by atoms with Crippen LogP contribution in [-0.2, 0) is 23.0 Å². The van der Waals surface area contributed by atoms with E-state index in [4.69, 9.17) is 21.5 Å². The van der Waals surface area contributed by atoms with Crippen molar-refractivity contribution in [2.45, 2.75) is 37.9 Å². The maximum absolute atomic E-state index is 6.76. The molecule has 0 spiro atoms. The van der Waals surface area contributed by atoms with E-state index in [1.807, 2.05) is 0 Å². The maximum atomic E-state index is 6.76. The molecular weight excluding hydrogens is 453 g/mol. The summed E-state index contributed by atoms with van der Waals surface area (Å²) in [6.07, 6.45) is 1.97. The Balaban J connectivity index is 1.46. The third-order valence-electron chi connectivity index (χ3n) is 8.11. The van der Waals surface area contributed by atoms with Gasteiger partial charge in [-0.3, -0.25) is 0 Å². The third kappa shape index (κ3) is 3.36. The third-order valence-corrected chi connectivity index (χ3v) is 13.6. The molecule has 0 saturated carbocycles. The van der Waals surface area contributed by atoms with Crippen molar-refractivity contribution in [2.24, 2.45) is 10.4 Å². The summed E-state index contributed by atoms with van der Waals surface area (Å²) in [6, 6.07) is 30.6. The summed E-state index contributed by atoms with van der Waals surface area (Å²) in [5, 5.41) is 1.43. The van der Waals surface area contributed by atoms with Gasteiger partial charge in [0.15, 0.2) is 5.90 Å². The monoisotopic (exact) mass is 483 g/mol. The summed E-state index contributed by atoms with van der Waals surface area (Å²) in [4.78, 5) is 5.22. The Kier molecular flexibility index (Phi) is 5.39. The van der Waals surface area contributed by atoms with Gasteiger partial charge in [0, 0.05) is 11.3 Å². The Morgan fingerprint density at radius 2 is 1.56 bits per heavy atom. The Morgan fingerprint density at radius 3 is 2.24 bits per heavy atom. The first kappa shape index (κ1) is 22.0. The van der Waals surface area contributed by atoms with Crippen molar-refractivity contribution >= 4 is 29.1 Å². The lowest BCUT2D eigenvalue weighted by Crippen LogP contribution is -2.35. The van der Waals surface area contributed by atoms with Gasteiger partial charge in [-0.1, -0.05) is 115 Å². The smallest absolute Gasteiger partial charge is 0.193 e. The number of aliphatic imine (C=N–C) groups is 1. The molecule has 172 valence electrons. The van der Waals surface area contributed by atoms with E-state index in [2.05, 4.69) is 105 Å². The molecule has 3 heterocycles. The van der Waals surface area contributed by atoms with E-state index in [-0.39, 0.29) is 17.1 Å². The standard InChI is InChI=1S/C30H30NOPS/c1-21-27(24-16-10-5-11-17-24)33(34)20-30(21,2)26(23-14-8-4-9-15-23)28(33)29-31-25(19-32-29)18-22-12-6-3-7-13-22/h3-17,25-26,28H,18-20H2,1-2H3/t25?,26-,28-,30-,33+/m0/s1. The molecule has 5 atom stereocenters. The number of rotatable bonds is 5. The fourth-order valence-electron chi connectivity index (χ4n) is 6.55. The van der Waals surface area contributed by atoms with E-state index in [1.54, 1.807) is 0 Å². The number of allylic oxidation sites excluding steroid dienone is 1. The Labute approximate surface area is 207 Å². The second-order valence-electron chi connectivity index (χ2n) is 10.2.